The second-order valence-electron chi connectivity index (χ2n) is 6.99. The number of aromatic amines is 1. The predicted molar refractivity (Wildman–Crippen MR) is 106 cm³/mol. The maximum atomic E-state index is 9.25. The minimum absolute atomic E-state index is 0.209. The number of rotatable bonds is 11. The highest BCUT2D eigenvalue weighted by Crippen LogP contribution is 2.16. The summed E-state index contributed by atoms with van der Waals surface area (Å²) < 4.78 is 5.30. The number of aliphatic hydroxyl groups excluding tert-OH is 1. The molecule has 2 rings (SSSR count). The monoisotopic (exact) mass is 376 g/mol. The molecule has 0 spiro atoms. The fourth-order valence-corrected chi connectivity index (χ4v) is 2.92. The first-order valence-corrected chi connectivity index (χ1v) is 9.70. The molecule has 0 bridgehead atoms. The van der Waals surface area contributed by atoms with E-state index < -0.39 is 0 Å². The standard InChI is InChI=1S/C19H32N6O2/c1-4-20-19(22-13-15(8-10-26)12-14(2)3)21-9-7-17-23-18(25-24-17)16-6-5-11-27-16/h5-6,11,14-15,26H,4,7-10,12-13H2,1-3H3,(H2,20,21,22)(H,23,24,25). The van der Waals surface area contributed by atoms with Crippen molar-refractivity contribution in [2.45, 2.75) is 40.0 Å². The lowest BCUT2D eigenvalue weighted by atomic mass is 9.94. The molecule has 150 valence electrons. The summed E-state index contributed by atoms with van der Waals surface area (Å²) in [5.74, 6) is 3.80. The second-order valence-corrected chi connectivity index (χ2v) is 6.99. The Morgan fingerprint density at radius 1 is 1.37 bits per heavy atom. The molecule has 8 heteroatoms. The van der Waals surface area contributed by atoms with Crippen molar-refractivity contribution in [1.29, 1.82) is 0 Å². The van der Waals surface area contributed by atoms with Gasteiger partial charge in [0.2, 0.25) is 5.82 Å². The number of nitrogens with zero attached hydrogens (tertiary/aromatic N) is 3. The summed E-state index contributed by atoms with van der Waals surface area (Å²) in [6.45, 7) is 8.85. The summed E-state index contributed by atoms with van der Waals surface area (Å²) in [5, 5.41) is 23.0. The molecule has 1 atom stereocenters. The predicted octanol–water partition coefficient (Wildman–Crippen LogP) is 2.21. The topological polar surface area (TPSA) is 111 Å². The van der Waals surface area contributed by atoms with Crippen molar-refractivity contribution >= 4 is 5.96 Å². The van der Waals surface area contributed by atoms with E-state index in [1.807, 2.05) is 19.1 Å². The fraction of sp³-hybridized carbons (Fsp3) is 0.632. The van der Waals surface area contributed by atoms with Crippen molar-refractivity contribution in [3.8, 4) is 11.6 Å². The number of aromatic nitrogens is 3. The number of hydrogen-bond donors (Lipinski definition) is 4. The van der Waals surface area contributed by atoms with Gasteiger partial charge in [0.25, 0.3) is 0 Å². The maximum Gasteiger partial charge on any atom is 0.216 e. The van der Waals surface area contributed by atoms with E-state index in [0.717, 1.165) is 31.2 Å². The summed E-state index contributed by atoms with van der Waals surface area (Å²) in [4.78, 5) is 9.12. The molecule has 0 aliphatic heterocycles. The Bertz CT molecular complexity index is 666. The minimum Gasteiger partial charge on any atom is -0.461 e. The fourth-order valence-electron chi connectivity index (χ4n) is 2.92. The molecule has 0 saturated carbocycles. The zero-order valence-corrected chi connectivity index (χ0v) is 16.5. The molecule has 0 aliphatic carbocycles. The number of aliphatic imine (C=N–C) groups is 1. The van der Waals surface area contributed by atoms with Crippen molar-refractivity contribution < 1.29 is 9.52 Å². The van der Waals surface area contributed by atoms with Crippen molar-refractivity contribution in [3.63, 3.8) is 0 Å². The van der Waals surface area contributed by atoms with Crippen LogP contribution < -0.4 is 10.6 Å². The SMILES string of the molecule is CCNC(=NCC(CCO)CC(C)C)NCCc1nc(-c2ccco2)n[nH]1. The molecule has 0 aliphatic rings. The van der Waals surface area contributed by atoms with Gasteiger partial charge in [-0.05, 0) is 43.7 Å². The van der Waals surface area contributed by atoms with Gasteiger partial charge in [-0.3, -0.25) is 10.1 Å². The Hall–Kier alpha value is -2.35. The van der Waals surface area contributed by atoms with Crippen LogP contribution in [0.3, 0.4) is 0 Å². The van der Waals surface area contributed by atoms with Gasteiger partial charge in [0.15, 0.2) is 11.7 Å². The molecule has 2 heterocycles. The smallest absolute Gasteiger partial charge is 0.216 e. The van der Waals surface area contributed by atoms with Crippen molar-refractivity contribution in [2.24, 2.45) is 16.8 Å². The van der Waals surface area contributed by atoms with E-state index in [-0.39, 0.29) is 6.61 Å². The van der Waals surface area contributed by atoms with E-state index in [0.29, 0.717) is 42.9 Å². The second kappa shape index (κ2) is 11.4. The van der Waals surface area contributed by atoms with E-state index in [1.54, 1.807) is 6.26 Å². The molecule has 0 aromatic carbocycles. The molecule has 0 amide bonds. The molecule has 0 fully saturated rings. The maximum absolute atomic E-state index is 9.25. The van der Waals surface area contributed by atoms with Crippen LogP contribution in [-0.4, -0.2) is 52.5 Å². The van der Waals surface area contributed by atoms with Crippen molar-refractivity contribution in [3.05, 3.63) is 24.2 Å². The van der Waals surface area contributed by atoms with E-state index in [1.165, 1.54) is 0 Å². The molecule has 0 radical (unpaired) electrons. The lowest BCUT2D eigenvalue weighted by molar-refractivity contribution is 0.245. The highest BCUT2D eigenvalue weighted by molar-refractivity contribution is 5.79. The molecule has 0 saturated heterocycles. The zero-order valence-electron chi connectivity index (χ0n) is 16.5. The van der Waals surface area contributed by atoms with Crippen LogP contribution in [0.2, 0.25) is 0 Å². The summed E-state index contributed by atoms with van der Waals surface area (Å²) in [6.07, 6.45) is 4.16. The molecular weight excluding hydrogens is 344 g/mol. The summed E-state index contributed by atoms with van der Waals surface area (Å²) >= 11 is 0. The number of nitrogens with one attached hydrogen (secondary N) is 3. The lowest BCUT2D eigenvalue weighted by Gasteiger charge is -2.17. The largest absolute Gasteiger partial charge is 0.461 e. The van der Waals surface area contributed by atoms with Crippen LogP contribution >= 0.6 is 0 Å². The van der Waals surface area contributed by atoms with Gasteiger partial charge >= 0.3 is 0 Å². The van der Waals surface area contributed by atoms with Crippen LogP contribution in [0.25, 0.3) is 11.6 Å². The van der Waals surface area contributed by atoms with Gasteiger partial charge in [0.05, 0.1) is 6.26 Å². The molecule has 2 aromatic rings. The van der Waals surface area contributed by atoms with E-state index in [2.05, 4.69) is 44.7 Å². The van der Waals surface area contributed by atoms with Crippen LogP contribution in [0.4, 0.5) is 0 Å². The Kier molecular flexibility index (Phi) is 8.83. The third-order valence-electron chi connectivity index (χ3n) is 4.12. The average Bonchev–Trinajstić information content (AvgIpc) is 3.30. The number of hydrogen-bond acceptors (Lipinski definition) is 5. The summed E-state index contributed by atoms with van der Waals surface area (Å²) in [6, 6.07) is 3.65. The van der Waals surface area contributed by atoms with Gasteiger partial charge in [0, 0.05) is 32.7 Å². The van der Waals surface area contributed by atoms with Gasteiger partial charge in [-0.1, -0.05) is 13.8 Å². The quantitative estimate of drug-likeness (QED) is 0.353. The Balaban J connectivity index is 1.84. The van der Waals surface area contributed by atoms with Crippen LogP contribution in [-0.2, 0) is 6.42 Å². The van der Waals surface area contributed by atoms with Gasteiger partial charge in [-0.25, -0.2) is 4.98 Å². The van der Waals surface area contributed by atoms with Gasteiger partial charge < -0.3 is 20.2 Å². The number of furan rings is 1. The third-order valence-corrected chi connectivity index (χ3v) is 4.12. The first-order valence-electron chi connectivity index (χ1n) is 9.70. The number of guanidine groups is 1. The molecule has 4 N–H and O–H groups in total. The number of aliphatic hydroxyl groups is 1. The Labute approximate surface area is 160 Å². The highest BCUT2D eigenvalue weighted by atomic mass is 16.3. The van der Waals surface area contributed by atoms with E-state index >= 15 is 0 Å². The molecular formula is C19H32N6O2. The Morgan fingerprint density at radius 2 is 2.22 bits per heavy atom. The van der Waals surface area contributed by atoms with Crippen molar-refractivity contribution in [1.82, 2.24) is 25.8 Å². The van der Waals surface area contributed by atoms with Crippen LogP contribution in [0.1, 0.15) is 39.4 Å². The molecule has 1 unspecified atom stereocenters. The summed E-state index contributed by atoms with van der Waals surface area (Å²) in [7, 11) is 0. The first-order chi connectivity index (χ1) is 13.1. The van der Waals surface area contributed by atoms with Gasteiger partial charge in [-0.15, -0.1) is 0 Å². The Morgan fingerprint density at radius 3 is 2.89 bits per heavy atom. The molecule has 8 nitrogen and oxygen atoms in total. The van der Waals surface area contributed by atoms with Crippen LogP contribution in [0, 0.1) is 11.8 Å². The lowest BCUT2D eigenvalue weighted by Crippen LogP contribution is -2.38. The molecule has 2 aromatic heterocycles. The van der Waals surface area contributed by atoms with Gasteiger partial charge in [0.1, 0.15) is 5.82 Å². The van der Waals surface area contributed by atoms with E-state index in [9.17, 15) is 5.11 Å². The van der Waals surface area contributed by atoms with Crippen LogP contribution in [0.5, 0.6) is 0 Å². The highest BCUT2D eigenvalue weighted by Gasteiger charge is 2.11. The molecule has 27 heavy (non-hydrogen) atoms. The first kappa shape index (κ1) is 21.0. The number of H-pyrrole nitrogens is 1. The normalized spacial score (nSPS) is 13.1. The van der Waals surface area contributed by atoms with Crippen molar-refractivity contribution in [2.75, 3.05) is 26.2 Å². The average molecular weight is 377 g/mol. The van der Waals surface area contributed by atoms with Crippen LogP contribution in [0.15, 0.2) is 27.8 Å². The van der Waals surface area contributed by atoms with Gasteiger partial charge in [-0.2, -0.15) is 5.10 Å². The van der Waals surface area contributed by atoms with E-state index in [4.69, 9.17) is 4.42 Å². The third kappa shape index (κ3) is 7.42. The minimum atomic E-state index is 0.209. The zero-order chi connectivity index (χ0) is 19.5. The summed E-state index contributed by atoms with van der Waals surface area (Å²) in [5.41, 5.74) is 0.